The van der Waals surface area contributed by atoms with E-state index in [9.17, 15) is 25.2 Å². The minimum Gasteiger partial charge on any atom is -0.494 e. The molecule has 1 aliphatic rings. The van der Waals surface area contributed by atoms with Gasteiger partial charge < -0.3 is 34.6 Å². The van der Waals surface area contributed by atoms with E-state index >= 15 is 0 Å². The first-order valence-corrected chi connectivity index (χ1v) is 8.21. The molecule has 8 heteroatoms. The van der Waals surface area contributed by atoms with Crippen LogP contribution in [0.15, 0.2) is 24.3 Å². The summed E-state index contributed by atoms with van der Waals surface area (Å²) in [6.45, 7) is 2.21. The average molecular weight is 356 g/mol. The summed E-state index contributed by atoms with van der Waals surface area (Å²) < 4.78 is 15.5. The molecule has 1 aliphatic heterocycles. The largest absolute Gasteiger partial charge is 0.494 e. The number of hydrogen-bond acceptors (Lipinski definition) is 8. The minimum absolute atomic E-state index is 0.264. The van der Waals surface area contributed by atoms with Gasteiger partial charge in [-0.25, -0.2) is 4.79 Å². The zero-order valence-corrected chi connectivity index (χ0v) is 13.9. The van der Waals surface area contributed by atoms with Crippen LogP contribution in [0.3, 0.4) is 0 Å². The predicted molar refractivity (Wildman–Crippen MR) is 86.0 cm³/mol. The van der Waals surface area contributed by atoms with Crippen molar-refractivity contribution in [1.82, 2.24) is 0 Å². The van der Waals surface area contributed by atoms with Crippen LogP contribution in [0.4, 0.5) is 0 Å². The molecule has 1 aromatic rings. The van der Waals surface area contributed by atoms with Crippen LogP contribution in [-0.4, -0.2) is 70.3 Å². The van der Waals surface area contributed by atoms with Crippen molar-refractivity contribution < 1.29 is 39.4 Å². The van der Waals surface area contributed by atoms with Gasteiger partial charge in [0.1, 0.15) is 36.8 Å². The van der Waals surface area contributed by atoms with Crippen LogP contribution in [-0.2, 0) is 9.47 Å². The molecule has 2 rings (SSSR count). The molecular formula is C17H24O8. The van der Waals surface area contributed by atoms with Gasteiger partial charge in [0.15, 0.2) is 6.29 Å². The third kappa shape index (κ3) is 5.13. The molecule has 0 aromatic heterocycles. The molecular weight excluding hydrogens is 332 g/mol. The van der Waals surface area contributed by atoms with Gasteiger partial charge in [0.05, 0.1) is 12.2 Å². The Morgan fingerprint density at radius 1 is 1.16 bits per heavy atom. The summed E-state index contributed by atoms with van der Waals surface area (Å²) in [4.78, 5) is 12.1. The normalized spacial score (nSPS) is 29.2. The number of unbranched alkanes of at least 4 members (excludes halogenated alkanes) is 1. The summed E-state index contributed by atoms with van der Waals surface area (Å²) in [5.74, 6) is -0.113. The first-order valence-electron chi connectivity index (χ1n) is 8.21. The van der Waals surface area contributed by atoms with E-state index in [1.54, 1.807) is 24.3 Å². The fourth-order valence-corrected chi connectivity index (χ4v) is 2.36. The van der Waals surface area contributed by atoms with Crippen LogP contribution in [0.5, 0.6) is 5.75 Å². The summed E-state index contributed by atoms with van der Waals surface area (Å²) in [5.41, 5.74) is 0.264. The Morgan fingerprint density at radius 3 is 2.64 bits per heavy atom. The summed E-state index contributed by atoms with van der Waals surface area (Å²) >= 11 is 0. The Bertz CT molecular complexity index is 563. The maximum Gasteiger partial charge on any atom is 0.338 e. The lowest BCUT2D eigenvalue weighted by molar-refractivity contribution is -0.286. The molecule has 0 aliphatic carbocycles. The van der Waals surface area contributed by atoms with Gasteiger partial charge in [-0.05, 0) is 24.6 Å². The maximum absolute atomic E-state index is 12.1. The Kier molecular flexibility index (Phi) is 7.15. The molecule has 1 aromatic carbocycles. The first-order chi connectivity index (χ1) is 11.9. The molecule has 0 saturated carbocycles. The summed E-state index contributed by atoms with van der Waals surface area (Å²) in [7, 11) is 0. The number of rotatable bonds is 7. The number of carbonyl (C=O) groups is 1. The molecule has 0 radical (unpaired) electrons. The molecule has 140 valence electrons. The Balaban J connectivity index is 1.90. The van der Waals surface area contributed by atoms with Crippen molar-refractivity contribution in [2.24, 2.45) is 0 Å². The topological polar surface area (TPSA) is 126 Å². The molecule has 25 heavy (non-hydrogen) atoms. The van der Waals surface area contributed by atoms with Crippen molar-refractivity contribution in [3.8, 4) is 5.75 Å². The van der Waals surface area contributed by atoms with E-state index in [-0.39, 0.29) is 12.2 Å². The van der Waals surface area contributed by atoms with E-state index in [2.05, 4.69) is 0 Å². The number of esters is 1. The smallest absolute Gasteiger partial charge is 0.338 e. The van der Waals surface area contributed by atoms with Gasteiger partial charge in [-0.1, -0.05) is 19.4 Å². The standard InChI is InChI=1S/C17H24O8/c1-2-3-7-23-11-6-4-5-10(8-11)16(21)24-9-12-13(18)14(19)15(20)17(22)25-12/h4-6,8,12-15,17-20,22H,2-3,7,9H2,1H3/t12?,13-,14+,15?,17+/m1/s1. The molecule has 1 fully saturated rings. The van der Waals surface area contributed by atoms with Crippen LogP contribution in [0.1, 0.15) is 30.1 Å². The van der Waals surface area contributed by atoms with E-state index in [1.165, 1.54) is 0 Å². The fraction of sp³-hybridized carbons (Fsp3) is 0.588. The van der Waals surface area contributed by atoms with Crippen LogP contribution in [0, 0.1) is 0 Å². The Morgan fingerprint density at radius 2 is 1.92 bits per heavy atom. The Labute approximate surface area is 145 Å². The van der Waals surface area contributed by atoms with Gasteiger partial charge in [0.2, 0.25) is 0 Å². The number of aliphatic hydroxyl groups excluding tert-OH is 4. The molecule has 0 amide bonds. The zero-order valence-electron chi connectivity index (χ0n) is 13.9. The number of ether oxygens (including phenoxy) is 3. The predicted octanol–water partition coefficient (Wildman–Crippen LogP) is -0.178. The lowest BCUT2D eigenvalue weighted by atomic mass is 9.99. The van der Waals surface area contributed by atoms with Crippen molar-refractivity contribution in [2.75, 3.05) is 13.2 Å². The first kappa shape index (κ1) is 19.6. The molecule has 0 bridgehead atoms. The molecule has 8 nitrogen and oxygen atoms in total. The number of benzene rings is 1. The van der Waals surface area contributed by atoms with E-state index in [1.807, 2.05) is 6.92 Å². The van der Waals surface area contributed by atoms with Crippen LogP contribution >= 0.6 is 0 Å². The van der Waals surface area contributed by atoms with Crippen molar-refractivity contribution in [2.45, 2.75) is 50.5 Å². The Hall–Kier alpha value is -1.71. The van der Waals surface area contributed by atoms with Crippen molar-refractivity contribution >= 4 is 5.97 Å². The van der Waals surface area contributed by atoms with Gasteiger partial charge in [0, 0.05) is 0 Å². The third-order valence-electron chi connectivity index (χ3n) is 3.90. The highest BCUT2D eigenvalue weighted by Crippen LogP contribution is 2.21. The van der Waals surface area contributed by atoms with Crippen LogP contribution < -0.4 is 4.74 Å². The second-order valence-corrected chi connectivity index (χ2v) is 5.87. The van der Waals surface area contributed by atoms with Crippen molar-refractivity contribution in [3.63, 3.8) is 0 Å². The average Bonchev–Trinajstić information content (AvgIpc) is 2.62. The number of aliphatic hydroxyl groups is 4. The van der Waals surface area contributed by atoms with Gasteiger partial charge >= 0.3 is 5.97 Å². The third-order valence-corrected chi connectivity index (χ3v) is 3.90. The quantitative estimate of drug-likeness (QED) is 0.392. The molecule has 1 saturated heterocycles. The highest BCUT2D eigenvalue weighted by Gasteiger charge is 2.43. The van der Waals surface area contributed by atoms with Crippen LogP contribution in [0.25, 0.3) is 0 Å². The maximum atomic E-state index is 12.1. The van der Waals surface area contributed by atoms with E-state index in [0.717, 1.165) is 12.8 Å². The zero-order chi connectivity index (χ0) is 18.4. The second kappa shape index (κ2) is 9.12. The van der Waals surface area contributed by atoms with E-state index in [4.69, 9.17) is 14.2 Å². The van der Waals surface area contributed by atoms with Gasteiger partial charge in [-0.15, -0.1) is 0 Å². The molecule has 5 atom stereocenters. The summed E-state index contributed by atoms with van der Waals surface area (Å²) in [6.07, 6.45) is -5.63. The SMILES string of the molecule is CCCCOc1cccc(C(=O)OCC2O[C@H](O)C(O)[C@@H](O)[C@@H]2O)c1. The molecule has 0 spiro atoms. The molecule has 1 heterocycles. The highest BCUT2D eigenvalue weighted by molar-refractivity contribution is 5.89. The summed E-state index contributed by atoms with van der Waals surface area (Å²) in [6, 6.07) is 6.49. The summed E-state index contributed by atoms with van der Waals surface area (Å²) in [5, 5.41) is 38.3. The van der Waals surface area contributed by atoms with Gasteiger partial charge in [-0.3, -0.25) is 0 Å². The van der Waals surface area contributed by atoms with Gasteiger partial charge in [-0.2, -0.15) is 0 Å². The fourth-order valence-electron chi connectivity index (χ4n) is 2.36. The molecule has 2 unspecified atom stereocenters. The van der Waals surface area contributed by atoms with Gasteiger partial charge in [0.25, 0.3) is 0 Å². The van der Waals surface area contributed by atoms with Crippen molar-refractivity contribution in [1.29, 1.82) is 0 Å². The van der Waals surface area contributed by atoms with E-state index < -0.39 is 36.7 Å². The van der Waals surface area contributed by atoms with Crippen LogP contribution in [0.2, 0.25) is 0 Å². The highest BCUT2D eigenvalue weighted by atomic mass is 16.6. The monoisotopic (exact) mass is 356 g/mol. The lowest BCUT2D eigenvalue weighted by Crippen LogP contribution is -2.58. The number of carbonyl (C=O) groups excluding carboxylic acids is 1. The number of hydrogen-bond donors (Lipinski definition) is 4. The minimum atomic E-state index is -1.67. The molecule has 4 N–H and O–H groups in total. The van der Waals surface area contributed by atoms with E-state index in [0.29, 0.717) is 12.4 Å². The van der Waals surface area contributed by atoms with Crippen molar-refractivity contribution in [3.05, 3.63) is 29.8 Å². The second-order valence-electron chi connectivity index (χ2n) is 5.87. The lowest BCUT2D eigenvalue weighted by Gasteiger charge is -2.37.